The zero-order valence-corrected chi connectivity index (χ0v) is 14.8. The molecule has 2 aromatic carbocycles. The van der Waals surface area contributed by atoms with Crippen LogP contribution < -0.4 is 0 Å². The first-order valence-corrected chi connectivity index (χ1v) is 9.53. The minimum Gasteiger partial charge on any atom is -0.391 e. The van der Waals surface area contributed by atoms with Crippen molar-refractivity contribution >= 4 is 0 Å². The lowest BCUT2D eigenvalue weighted by Crippen LogP contribution is -2.51. The van der Waals surface area contributed by atoms with Crippen LogP contribution in [0.1, 0.15) is 30.4 Å². The molecule has 2 fully saturated rings. The van der Waals surface area contributed by atoms with E-state index in [1.165, 1.54) is 17.5 Å². The third-order valence-corrected chi connectivity index (χ3v) is 5.84. The summed E-state index contributed by atoms with van der Waals surface area (Å²) in [6, 6.07) is 22.5. The first kappa shape index (κ1) is 16.8. The molecule has 3 atom stereocenters. The molecule has 1 N–H and O–H groups in total. The van der Waals surface area contributed by atoms with E-state index in [2.05, 4.69) is 70.5 Å². The highest BCUT2D eigenvalue weighted by atomic mass is 16.3. The van der Waals surface area contributed by atoms with Gasteiger partial charge in [-0.2, -0.15) is 0 Å². The van der Waals surface area contributed by atoms with Crippen molar-refractivity contribution in [1.29, 1.82) is 0 Å². The Hall–Kier alpha value is -1.68. The molecule has 2 aromatic rings. The standard InChI is InChI=1S/C22H28N2O/c25-22-13-14-23-17-20(11-12-21(22)23)24(15-18-7-3-1-4-8-18)16-19-9-5-2-6-10-19/h1-10,20-22,25H,11-17H2/t20-,21+,22+/m0/s1. The highest BCUT2D eigenvalue weighted by molar-refractivity contribution is 5.17. The lowest BCUT2D eigenvalue weighted by atomic mass is 9.95. The highest BCUT2D eigenvalue weighted by Gasteiger charge is 2.38. The first-order valence-electron chi connectivity index (χ1n) is 9.53. The van der Waals surface area contributed by atoms with Crippen LogP contribution >= 0.6 is 0 Å². The van der Waals surface area contributed by atoms with E-state index in [1.807, 2.05) is 0 Å². The maximum absolute atomic E-state index is 10.2. The van der Waals surface area contributed by atoms with E-state index in [0.29, 0.717) is 12.1 Å². The van der Waals surface area contributed by atoms with Gasteiger partial charge in [-0.05, 0) is 30.4 Å². The van der Waals surface area contributed by atoms with Crippen molar-refractivity contribution in [1.82, 2.24) is 9.80 Å². The Kier molecular flexibility index (Phi) is 5.16. The molecule has 0 spiro atoms. The Bertz CT molecular complexity index is 619. The molecule has 0 saturated carbocycles. The van der Waals surface area contributed by atoms with Crippen LogP contribution in [0.2, 0.25) is 0 Å². The van der Waals surface area contributed by atoms with Gasteiger partial charge in [0.2, 0.25) is 0 Å². The highest BCUT2D eigenvalue weighted by Crippen LogP contribution is 2.30. The molecule has 4 rings (SSSR count). The third kappa shape index (κ3) is 3.95. The molecule has 25 heavy (non-hydrogen) atoms. The molecule has 0 aromatic heterocycles. The number of rotatable bonds is 5. The van der Waals surface area contributed by atoms with Crippen LogP contribution in [0, 0.1) is 0 Å². The fourth-order valence-corrected chi connectivity index (χ4v) is 4.47. The SMILES string of the molecule is O[C@@H]1CCN2C[C@@H](N(Cc3ccccc3)Cc3ccccc3)CC[C@H]12. The summed E-state index contributed by atoms with van der Waals surface area (Å²) < 4.78 is 0. The van der Waals surface area contributed by atoms with Gasteiger partial charge in [0, 0.05) is 38.3 Å². The summed E-state index contributed by atoms with van der Waals surface area (Å²) in [4.78, 5) is 5.15. The van der Waals surface area contributed by atoms with Crippen molar-refractivity contribution in [3.8, 4) is 0 Å². The van der Waals surface area contributed by atoms with Gasteiger partial charge in [-0.3, -0.25) is 9.80 Å². The summed E-state index contributed by atoms with van der Waals surface area (Å²) in [6.45, 7) is 4.11. The number of aliphatic hydroxyl groups is 1. The maximum Gasteiger partial charge on any atom is 0.0707 e. The van der Waals surface area contributed by atoms with Crippen LogP contribution in [0.5, 0.6) is 0 Å². The van der Waals surface area contributed by atoms with Crippen LogP contribution in [0.4, 0.5) is 0 Å². The van der Waals surface area contributed by atoms with E-state index >= 15 is 0 Å². The number of hydrogen-bond donors (Lipinski definition) is 1. The third-order valence-electron chi connectivity index (χ3n) is 5.84. The molecule has 3 heteroatoms. The molecule has 132 valence electrons. The van der Waals surface area contributed by atoms with Crippen molar-refractivity contribution in [3.05, 3.63) is 71.8 Å². The Morgan fingerprint density at radius 3 is 2.04 bits per heavy atom. The molecule has 0 amide bonds. The van der Waals surface area contributed by atoms with Crippen LogP contribution in [-0.4, -0.2) is 46.2 Å². The maximum atomic E-state index is 10.2. The lowest BCUT2D eigenvalue weighted by molar-refractivity contribution is 0.0369. The largest absolute Gasteiger partial charge is 0.391 e. The Morgan fingerprint density at radius 1 is 0.840 bits per heavy atom. The summed E-state index contributed by atoms with van der Waals surface area (Å²) in [6.07, 6.45) is 3.12. The van der Waals surface area contributed by atoms with Gasteiger partial charge in [0.25, 0.3) is 0 Å². The smallest absolute Gasteiger partial charge is 0.0707 e. The van der Waals surface area contributed by atoms with E-state index in [4.69, 9.17) is 0 Å². The van der Waals surface area contributed by atoms with Gasteiger partial charge in [0.15, 0.2) is 0 Å². The molecule has 2 heterocycles. The van der Waals surface area contributed by atoms with E-state index in [0.717, 1.165) is 39.0 Å². The molecule has 0 aliphatic carbocycles. The van der Waals surface area contributed by atoms with Crippen molar-refractivity contribution in [3.63, 3.8) is 0 Å². The summed E-state index contributed by atoms with van der Waals surface area (Å²) in [5.41, 5.74) is 2.75. The lowest BCUT2D eigenvalue weighted by Gasteiger charge is -2.41. The molecule has 2 saturated heterocycles. The topological polar surface area (TPSA) is 26.7 Å². The number of hydrogen-bond acceptors (Lipinski definition) is 3. The van der Waals surface area contributed by atoms with Gasteiger partial charge in [0.05, 0.1) is 6.10 Å². The Morgan fingerprint density at radius 2 is 1.44 bits per heavy atom. The van der Waals surface area contributed by atoms with Crippen molar-refractivity contribution in [2.45, 2.75) is 50.5 Å². The zero-order chi connectivity index (χ0) is 17.1. The number of benzene rings is 2. The molecular formula is C22H28N2O. The second kappa shape index (κ2) is 7.69. The number of nitrogens with zero attached hydrogens (tertiary/aromatic N) is 2. The predicted octanol–water partition coefficient (Wildman–Crippen LogP) is 3.29. The Labute approximate surface area is 150 Å². The molecular weight excluding hydrogens is 308 g/mol. The average Bonchev–Trinajstić information content (AvgIpc) is 3.03. The summed E-state index contributed by atoms with van der Waals surface area (Å²) in [5, 5.41) is 10.2. The average molecular weight is 336 g/mol. The minimum atomic E-state index is -0.113. The van der Waals surface area contributed by atoms with Crippen molar-refractivity contribution in [2.75, 3.05) is 13.1 Å². The minimum absolute atomic E-state index is 0.113. The fraction of sp³-hybridized carbons (Fsp3) is 0.455. The quantitative estimate of drug-likeness (QED) is 0.908. The van der Waals surface area contributed by atoms with E-state index in [9.17, 15) is 5.11 Å². The van der Waals surface area contributed by atoms with Gasteiger partial charge in [-0.15, -0.1) is 0 Å². The predicted molar refractivity (Wildman–Crippen MR) is 101 cm³/mol. The molecule has 0 bridgehead atoms. The Balaban J connectivity index is 1.50. The summed E-state index contributed by atoms with van der Waals surface area (Å²) in [7, 11) is 0. The van der Waals surface area contributed by atoms with Crippen LogP contribution in [-0.2, 0) is 13.1 Å². The zero-order valence-electron chi connectivity index (χ0n) is 14.8. The normalized spacial score (nSPS) is 26.7. The molecule has 2 aliphatic heterocycles. The van der Waals surface area contributed by atoms with Gasteiger partial charge in [0.1, 0.15) is 0 Å². The number of aliphatic hydroxyl groups excluding tert-OH is 1. The molecule has 3 nitrogen and oxygen atoms in total. The van der Waals surface area contributed by atoms with Crippen molar-refractivity contribution < 1.29 is 5.11 Å². The van der Waals surface area contributed by atoms with Crippen LogP contribution in [0.15, 0.2) is 60.7 Å². The molecule has 2 aliphatic rings. The van der Waals surface area contributed by atoms with E-state index in [1.54, 1.807) is 0 Å². The van der Waals surface area contributed by atoms with E-state index in [-0.39, 0.29) is 6.10 Å². The monoisotopic (exact) mass is 336 g/mol. The summed E-state index contributed by atoms with van der Waals surface area (Å²) >= 11 is 0. The summed E-state index contributed by atoms with van der Waals surface area (Å²) in [5.74, 6) is 0. The molecule has 0 radical (unpaired) electrons. The van der Waals surface area contributed by atoms with Gasteiger partial charge in [-0.25, -0.2) is 0 Å². The second-order valence-electron chi connectivity index (χ2n) is 7.53. The fourth-order valence-electron chi connectivity index (χ4n) is 4.47. The number of piperidine rings is 1. The second-order valence-corrected chi connectivity index (χ2v) is 7.53. The molecule has 0 unspecified atom stereocenters. The van der Waals surface area contributed by atoms with Gasteiger partial charge >= 0.3 is 0 Å². The van der Waals surface area contributed by atoms with Gasteiger partial charge in [-0.1, -0.05) is 60.7 Å². The number of fused-ring (bicyclic) bond motifs is 1. The van der Waals surface area contributed by atoms with Crippen molar-refractivity contribution in [2.24, 2.45) is 0 Å². The first-order chi connectivity index (χ1) is 12.3. The van der Waals surface area contributed by atoms with Crippen LogP contribution in [0.3, 0.4) is 0 Å². The van der Waals surface area contributed by atoms with Crippen LogP contribution in [0.25, 0.3) is 0 Å². The van der Waals surface area contributed by atoms with Gasteiger partial charge < -0.3 is 5.11 Å². The van der Waals surface area contributed by atoms with E-state index < -0.39 is 0 Å².